The zero-order valence-electron chi connectivity index (χ0n) is 11.3. The third-order valence-corrected chi connectivity index (χ3v) is 4.51. The first kappa shape index (κ1) is 15.1. The molecule has 2 rings (SSSR count). The predicted octanol–water partition coefficient (Wildman–Crippen LogP) is 2.24. The number of benzene rings is 1. The van der Waals surface area contributed by atoms with Crippen molar-refractivity contribution in [1.82, 2.24) is 14.8 Å². The van der Waals surface area contributed by atoms with E-state index in [1.165, 1.54) is 4.57 Å². The molecule has 0 atom stereocenters. The van der Waals surface area contributed by atoms with Crippen molar-refractivity contribution in [1.29, 1.82) is 0 Å². The molecule has 0 saturated carbocycles. The fourth-order valence-corrected chi connectivity index (χ4v) is 2.97. The van der Waals surface area contributed by atoms with Crippen molar-refractivity contribution in [3.05, 3.63) is 28.2 Å². The number of sulfonamides is 1. The Morgan fingerprint density at radius 1 is 1.30 bits per heavy atom. The van der Waals surface area contributed by atoms with E-state index in [2.05, 4.69) is 26.1 Å². The number of halogens is 1. The molecule has 0 aliphatic rings. The molecular weight excluding hydrogens is 344 g/mol. The third kappa shape index (κ3) is 2.77. The van der Waals surface area contributed by atoms with Crippen molar-refractivity contribution in [2.45, 2.75) is 32.0 Å². The molecule has 108 valence electrons. The van der Waals surface area contributed by atoms with Crippen LogP contribution in [0.5, 0.6) is 0 Å². The molecule has 0 aliphatic carbocycles. The average Bonchev–Trinajstić information content (AvgIpc) is 2.77. The molecule has 2 aromatic rings. The van der Waals surface area contributed by atoms with Crippen LogP contribution in [0.25, 0.3) is 11.4 Å². The summed E-state index contributed by atoms with van der Waals surface area (Å²) in [5.41, 5.74) is 1.86. The number of aromatic nitrogens is 3. The summed E-state index contributed by atoms with van der Waals surface area (Å²) in [6, 6.07) is 5.55. The van der Waals surface area contributed by atoms with Crippen LogP contribution >= 0.6 is 15.9 Å². The van der Waals surface area contributed by atoms with Crippen molar-refractivity contribution in [3.8, 4) is 11.4 Å². The Balaban J connectivity index is 2.69. The average molecular weight is 359 g/mol. The van der Waals surface area contributed by atoms with E-state index in [0.29, 0.717) is 5.82 Å². The highest BCUT2D eigenvalue weighted by molar-refractivity contribution is 9.10. The molecule has 1 heterocycles. The van der Waals surface area contributed by atoms with E-state index < -0.39 is 10.0 Å². The number of nitrogens with two attached hydrogens (primary N) is 1. The first-order valence-electron chi connectivity index (χ1n) is 5.96. The molecular formula is C12H15BrN4O2S. The SMILES string of the molecule is Cc1ccc(-c2nnc(S(N)(=O)=O)n2C(C)C)cc1Br. The molecule has 0 amide bonds. The van der Waals surface area contributed by atoms with Crippen LogP contribution in [0, 0.1) is 6.92 Å². The third-order valence-electron chi connectivity index (χ3n) is 2.87. The van der Waals surface area contributed by atoms with Crippen molar-refractivity contribution in [2.75, 3.05) is 0 Å². The van der Waals surface area contributed by atoms with Gasteiger partial charge in [0.1, 0.15) is 0 Å². The maximum atomic E-state index is 11.6. The molecule has 0 bridgehead atoms. The molecule has 0 saturated heterocycles. The second-order valence-electron chi connectivity index (χ2n) is 4.78. The van der Waals surface area contributed by atoms with Gasteiger partial charge in [-0.3, -0.25) is 4.57 Å². The van der Waals surface area contributed by atoms with Gasteiger partial charge in [-0.1, -0.05) is 28.1 Å². The first-order valence-corrected chi connectivity index (χ1v) is 8.30. The van der Waals surface area contributed by atoms with E-state index in [-0.39, 0.29) is 11.2 Å². The summed E-state index contributed by atoms with van der Waals surface area (Å²) in [6.45, 7) is 5.67. The van der Waals surface area contributed by atoms with E-state index in [1.54, 1.807) is 0 Å². The summed E-state index contributed by atoms with van der Waals surface area (Å²) < 4.78 is 25.6. The van der Waals surface area contributed by atoms with Gasteiger partial charge in [-0.2, -0.15) is 0 Å². The minimum atomic E-state index is -3.91. The van der Waals surface area contributed by atoms with Crippen LogP contribution in [0.1, 0.15) is 25.5 Å². The summed E-state index contributed by atoms with van der Waals surface area (Å²) in [6.07, 6.45) is 0. The molecule has 1 aromatic carbocycles. The molecule has 0 radical (unpaired) electrons. The van der Waals surface area contributed by atoms with Crippen LogP contribution in [0.3, 0.4) is 0 Å². The Morgan fingerprint density at radius 3 is 2.45 bits per heavy atom. The van der Waals surface area contributed by atoms with Crippen molar-refractivity contribution in [3.63, 3.8) is 0 Å². The molecule has 0 spiro atoms. The topological polar surface area (TPSA) is 90.9 Å². The van der Waals surface area contributed by atoms with E-state index in [9.17, 15) is 8.42 Å². The maximum Gasteiger partial charge on any atom is 0.273 e. The van der Waals surface area contributed by atoms with Crippen LogP contribution in [-0.4, -0.2) is 23.2 Å². The van der Waals surface area contributed by atoms with Gasteiger partial charge in [-0.05, 0) is 32.4 Å². The number of hydrogen-bond donors (Lipinski definition) is 1. The summed E-state index contributed by atoms with van der Waals surface area (Å²) in [4.78, 5) is 0. The number of rotatable bonds is 3. The monoisotopic (exact) mass is 358 g/mol. The lowest BCUT2D eigenvalue weighted by molar-refractivity contribution is 0.524. The minimum absolute atomic E-state index is 0.131. The summed E-state index contributed by atoms with van der Waals surface area (Å²) in [5, 5.41) is 12.7. The van der Waals surface area contributed by atoms with Crippen LogP contribution in [0.4, 0.5) is 0 Å². The fourth-order valence-electron chi connectivity index (χ4n) is 1.87. The van der Waals surface area contributed by atoms with Crippen LogP contribution in [0.2, 0.25) is 0 Å². The molecule has 0 unspecified atom stereocenters. The number of aryl methyl sites for hydroxylation is 1. The van der Waals surface area contributed by atoms with Gasteiger partial charge in [0.15, 0.2) is 5.82 Å². The summed E-state index contributed by atoms with van der Waals surface area (Å²) >= 11 is 3.45. The standard InChI is InChI=1S/C12H15BrN4O2S/c1-7(2)17-11(15-16-12(17)20(14,18)19)9-5-4-8(3)10(13)6-9/h4-7H,1-3H3,(H2,14,18,19). The van der Waals surface area contributed by atoms with Gasteiger partial charge in [0, 0.05) is 16.1 Å². The first-order chi connectivity index (χ1) is 9.21. The van der Waals surface area contributed by atoms with Crippen molar-refractivity contribution >= 4 is 26.0 Å². The van der Waals surface area contributed by atoms with E-state index in [4.69, 9.17) is 5.14 Å². The normalized spacial score (nSPS) is 12.1. The lowest BCUT2D eigenvalue weighted by Gasteiger charge is -2.13. The molecule has 2 N–H and O–H groups in total. The largest absolute Gasteiger partial charge is 0.294 e. The Bertz CT molecular complexity index is 753. The van der Waals surface area contributed by atoms with Gasteiger partial charge in [0.25, 0.3) is 15.2 Å². The molecule has 6 nitrogen and oxygen atoms in total. The molecule has 0 aliphatic heterocycles. The van der Waals surface area contributed by atoms with Gasteiger partial charge in [0.2, 0.25) is 0 Å². The highest BCUT2D eigenvalue weighted by Gasteiger charge is 2.23. The molecule has 1 aromatic heterocycles. The molecule has 8 heteroatoms. The second kappa shape index (κ2) is 5.27. The summed E-state index contributed by atoms with van der Waals surface area (Å²) in [7, 11) is -3.91. The quantitative estimate of drug-likeness (QED) is 0.910. The van der Waals surface area contributed by atoms with Crippen LogP contribution < -0.4 is 5.14 Å². The Kier molecular flexibility index (Phi) is 3.99. The Labute approximate surface area is 126 Å². The van der Waals surface area contributed by atoms with Gasteiger partial charge in [-0.15, -0.1) is 10.2 Å². The summed E-state index contributed by atoms with van der Waals surface area (Å²) in [5.74, 6) is 0.477. The lowest BCUT2D eigenvalue weighted by atomic mass is 10.1. The zero-order chi connectivity index (χ0) is 15.1. The Morgan fingerprint density at radius 2 is 1.95 bits per heavy atom. The number of primary sulfonamides is 1. The Hall–Kier alpha value is -1.25. The van der Waals surface area contributed by atoms with E-state index >= 15 is 0 Å². The van der Waals surface area contributed by atoms with Crippen molar-refractivity contribution < 1.29 is 8.42 Å². The minimum Gasteiger partial charge on any atom is -0.294 e. The van der Waals surface area contributed by atoms with Crippen LogP contribution in [-0.2, 0) is 10.0 Å². The maximum absolute atomic E-state index is 11.6. The fraction of sp³-hybridized carbons (Fsp3) is 0.333. The van der Waals surface area contributed by atoms with Gasteiger partial charge in [-0.25, -0.2) is 13.6 Å². The van der Waals surface area contributed by atoms with Gasteiger partial charge in [0.05, 0.1) is 0 Å². The predicted molar refractivity (Wildman–Crippen MR) is 79.7 cm³/mol. The highest BCUT2D eigenvalue weighted by Crippen LogP contribution is 2.27. The van der Waals surface area contributed by atoms with Gasteiger partial charge >= 0.3 is 0 Å². The van der Waals surface area contributed by atoms with E-state index in [0.717, 1.165) is 15.6 Å². The lowest BCUT2D eigenvalue weighted by Crippen LogP contribution is -2.20. The number of nitrogens with zero attached hydrogens (tertiary/aromatic N) is 3. The highest BCUT2D eigenvalue weighted by atomic mass is 79.9. The zero-order valence-corrected chi connectivity index (χ0v) is 13.7. The second-order valence-corrected chi connectivity index (χ2v) is 7.09. The van der Waals surface area contributed by atoms with Gasteiger partial charge < -0.3 is 0 Å². The van der Waals surface area contributed by atoms with E-state index in [1.807, 2.05) is 39.0 Å². The smallest absolute Gasteiger partial charge is 0.273 e. The molecule has 0 fully saturated rings. The molecule has 20 heavy (non-hydrogen) atoms. The van der Waals surface area contributed by atoms with Crippen LogP contribution in [0.15, 0.2) is 27.8 Å². The number of hydrogen-bond acceptors (Lipinski definition) is 4. The van der Waals surface area contributed by atoms with Crippen molar-refractivity contribution in [2.24, 2.45) is 5.14 Å².